The molecule has 0 saturated heterocycles. The monoisotopic (exact) mass is 617 g/mol. The third kappa shape index (κ3) is 9.30. The van der Waals surface area contributed by atoms with E-state index >= 15 is 0 Å². The molecule has 1 aliphatic heterocycles. The SMILES string of the molecule is COC(=O)C1=C(C)NC(C)=C(C(=O)OC)C1c1cc([N+](=O)[O-])ccc1OCC=CCNCC(O)COc1ccccc1.Cl. The van der Waals surface area contributed by atoms with E-state index in [4.69, 9.17) is 18.9 Å². The molecule has 2 aromatic carbocycles. The molecule has 0 spiro atoms. The van der Waals surface area contributed by atoms with Crippen LogP contribution in [0.2, 0.25) is 0 Å². The molecule has 0 amide bonds. The summed E-state index contributed by atoms with van der Waals surface area (Å²) in [5, 5.41) is 27.8. The summed E-state index contributed by atoms with van der Waals surface area (Å²) >= 11 is 0. The summed E-state index contributed by atoms with van der Waals surface area (Å²) in [6.07, 6.45) is 2.83. The predicted molar refractivity (Wildman–Crippen MR) is 161 cm³/mol. The van der Waals surface area contributed by atoms with Crippen molar-refractivity contribution in [2.24, 2.45) is 0 Å². The lowest BCUT2D eigenvalue weighted by atomic mass is 9.80. The Morgan fingerprint density at radius 2 is 1.65 bits per heavy atom. The first-order chi connectivity index (χ1) is 20.2. The quantitative estimate of drug-likeness (QED) is 0.0935. The molecule has 1 aliphatic rings. The number of rotatable bonds is 14. The topological polar surface area (TPSA) is 158 Å². The number of aliphatic hydroxyl groups excluding tert-OH is 1. The van der Waals surface area contributed by atoms with E-state index in [1.165, 1.54) is 32.4 Å². The first-order valence-electron chi connectivity index (χ1n) is 13.2. The number of allylic oxidation sites excluding steroid dienone is 2. The van der Waals surface area contributed by atoms with Gasteiger partial charge in [-0.15, -0.1) is 12.4 Å². The average molecular weight is 618 g/mol. The molecule has 3 rings (SSSR count). The molecule has 1 unspecified atom stereocenters. The van der Waals surface area contributed by atoms with Crippen molar-refractivity contribution in [1.82, 2.24) is 10.6 Å². The number of halogens is 1. The molecule has 0 fully saturated rings. The fourth-order valence-corrected chi connectivity index (χ4v) is 4.46. The molecule has 2 aromatic rings. The van der Waals surface area contributed by atoms with E-state index in [0.717, 1.165) is 0 Å². The maximum atomic E-state index is 12.9. The molecule has 0 saturated carbocycles. The van der Waals surface area contributed by atoms with Crippen molar-refractivity contribution >= 4 is 30.0 Å². The number of ether oxygens (including phenoxy) is 4. The maximum Gasteiger partial charge on any atom is 0.336 e. The highest BCUT2D eigenvalue weighted by Crippen LogP contribution is 2.44. The summed E-state index contributed by atoms with van der Waals surface area (Å²) in [4.78, 5) is 36.8. The second-order valence-electron chi connectivity index (χ2n) is 9.32. The number of aliphatic hydroxyl groups is 1. The van der Waals surface area contributed by atoms with E-state index < -0.39 is 28.9 Å². The van der Waals surface area contributed by atoms with Crippen LogP contribution >= 0.6 is 12.4 Å². The highest BCUT2D eigenvalue weighted by atomic mass is 35.5. The number of nitro groups is 1. The number of carbonyl (C=O) groups excluding carboxylic acids is 2. The molecule has 0 bridgehead atoms. The molecule has 1 heterocycles. The van der Waals surface area contributed by atoms with E-state index in [-0.39, 0.29) is 53.8 Å². The van der Waals surface area contributed by atoms with Crippen LogP contribution in [0.4, 0.5) is 5.69 Å². The standard InChI is InChI=1S/C30H35N3O9.ClH/c1-19-26(29(35)39-3)28(27(20(2)32-19)30(36)40-4)24-16-21(33(37)38)12-13-25(24)41-15-9-8-14-31-17-22(34)18-42-23-10-6-5-7-11-23;/h5-13,16,22,28,31-32,34H,14-15,17-18H2,1-4H3;1H. The third-order valence-corrected chi connectivity index (χ3v) is 6.42. The Labute approximate surface area is 255 Å². The van der Waals surface area contributed by atoms with E-state index in [2.05, 4.69) is 10.6 Å². The van der Waals surface area contributed by atoms with Gasteiger partial charge >= 0.3 is 11.9 Å². The van der Waals surface area contributed by atoms with Gasteiger partial charge in [0.25, 0.3) is 5.69 Å². The van der Waals surface area contributed by atoms with E-state index in [1.54, 1.807) is 26.0 Å². The van der Waals surface area contributed by atoms with Gasteiger partial charge in [0.05, 0.1) is 36.2 Å². The summed E-state index contributed by atoms with van der Waals surface area (Å²) in [7, 11) is 2.42. The third-order valence-electron chi connectivity index (χ3n) is 6.42. The molecule has 12 nitrogen and oxygen atoms in total. The summed E-state index contributed by atoms with van der Waals surface area (Å²) in [6.45, 7) is 4.28. The summed E-state index contributed by atoms with van der Waals surface area (Å²) in [5.41, 5.74) is 1.05. The van der Waals surface area contributed by atoms with E-state index in [9.17, 15) is 24.8 Å². The number of dihydropyridines is 1. The van der Waals surface area contributed by atoms with Crippen LogP contribution in [0, 0.1) is 10.1 Å². The number of nitro benzene ring substituents is 1. The number of benzene rings is 2. The Morgan fingerprint density at radius 3 is 2.23 bits per heavy atom. The summed E-state index contributed by atoms with van der Waals surface area (Å²) in [5.74, 6) is -1.55. The summed E-state index contributed by atoms with van der Waals surface area (Å²) < 4.78 is 21.5. The van der Waals surface area contributed by atoms with Gasteiger partial charge in [0, 0.05) is 42.2 Å². The van der Waals surface area contributed by atoms with Crippen molar-refractivity contribution in [3.05, 3.63) is 98.9 Å². The Morgan fingerprint density at radius 1 is 1.02 bits per heavy atom. The van der Waals surface area contributed by atoms with Crippen molar-refractivity contribution in [1.29, 1.82) is 0 Å². The number of methoxy groups -OCH3 is 2. The van der Waals surface area contributed by atoms with Crippen LogP contribution in [0.3, 0.4) is 0 Å². The van der Waals surface area contributed by atoms with Gasteiger partial charge in [-0.05, 0) is 32.0 Å². The highest BCUT2D eigenvalue weighted by molar-refractivity contribution is 6.00. The van der Waals surface area contributed by atoms with Crippen molar-refractivity contribution in [3.63, 3.8) is 0 Å². The lowest BCUT2D eigenvalue weighted by molar-refractivity contribution is -0.384. The molecule has 0 radical (unpaired) electrons. The van der Waals surface area contributed by atoms with Gasteiger partial charge in [0.2, 0.25) is 0 Å². The van der Waals surface area contributed by atoms with Crippen LogP contribution in [0.5, 0.6) is 11.5 Å². The fraction of sp³-hybridized carbons (Fsp3) is 0.333. The normalized spacial score (nSPS) is 14.1. The number of nitrogens with one attached hydrogen (secondary N) is 2. The van der Waals surface area contributed by atoms with Gasteiger partial charge in [-0.25, -0.2) is 9.59 Å². The predicted octanol–water partition coefficient (Wildman–Crippen LogP) is 3.56. The second kappa shape index (κ2) is 16.9. The Balaban J connectivity index is 0.00000645. The average Bonchev–Trinajstić information content (AvgIpc) is 2.99. The van der Waals surface area contributed by atoms with Gasteiger partial charge < -0.3 is 34.7 Å². The van der Waals surface area contributed by atoms with Gasteiger partial charge in [0.1, 0.15) is 30.8 Å². The summed E-state index contributed by atoms with van der Waals surface area (Å²) in [6, 6.07) is 13.2. The molecular weight excluding hydrogens is 582 g/mol. The molecule has 232 valence electrons. The molecular formula is C30H36ClN3O9. The van der Waals surface area contributed by atoms with Gasteiger partial charge in [-0.1, -0.05) is 30.4 Å². The molecule has 0 aliphatic carbocycles. The van der Waals surface area contributed by atoms with Crippen molar-refractivity contribution in [2.75, 3.05) is 40.5 Å². The number of para-hydroxylation sites is 1. The Hall–Kier alpha value is -4.39. The first kappa shape index (κ1) is 34.8. The fourth-order valence-electron chi connectivity index (χ4n) is 4.46. The lowest BCUT2D eigenvalue weighted by Gasteiger charge is -2.30. The minimum atomic E-state index is -1.05. The van der Waals surface area contributed by atoms with Crippen LogP contribution in [-0.2, 0) is 19.1 Å². The largest absolute Gasteiger partial charge is 0.491 e. The van der Waals surface area contributed by atoms with Crippen LogP contribution in [0.1, 0.15) is 25.3 Å². The zero-order chi connectivity index (χ0) is 30.6. The second-order valence-corrected chi connectivity index (χ2v) is 9.32. The van der Waals surface area contributed by atoms with Gasteiger partial charge in [0.15, 0.2) is 0 Å². The van der Waals surface area contributed by atoms with Gasteiger partial charge in [-0.2, -0.15) is 0 Å². The molecule has 43 heavy (non-hydrogen) atoms. The zero-order valence-corrected chi connectivity index (χ0v) is 25.1. The molecule has 0 aromatic heterocycles. The van der Waals surface area contributed by atoms with Crippen LogP contribution in [0.15, 0.2) is 83.2 Å². The lowest BCUT2D eigenvalue weighted by Crippen LogP contribution is -2.32. The smallest absolute Gasteiger partial charge is 0.336 e. The number of hydrogen-bond donors (Lipinski definition) is 3. The Bertz CT molecular complexity index is 1340. The number of esters is 2. The number of non-ortho nitro benzene ring substituents is 1. The zero-order valence-electron chi connectivity index (χ0n) is 24.3. The van der Waals surface area contributed by atoms with Crippen molar-refractivity contribution in [3.8, 4) is 11.5 Å². The highest BCUT2D eigenvalue weighted by Gasteiger charge is 2.39. The molecule has 1 atom stereocenters. The minimum absolute atomic E-state index is 0. The van der Waals surface area contributed by atoms with Gasteiger partial charge in [-0.3, -0.25) is 10.1 Å². The number of hydrogen-bond acceptors (Lipinski definition) is 11. The van der Waals surface area contributed by atoms with Crippen LogP contribution in [-0.4, -0.2) is 68.6 Å². The number of carbonyl (C=O) groups is 2. The molecule has 3 N–H and O–H groups in total. The van der Waals surface area contributed by atoms with Crippen LogP contribution < -0.4 is 20.1 Å². The Kier molecular flexibility index (Phi) is 13.7. The van der Waals surface area contributed by atoms with E-state index in [0.29, 0.717) is 30.2 Å². The van der Waals surface area contributed by atoms with Crippen molar-refractivity contribution in [2.45, 2.75) is 25.9 Å². The number of nitrogens with zero attached hydrogens (tertiary/aromatic N) is 1. The minimum Gasteiger partial charge on any atom is -0.491 e. The van der Waals surface area contributed by atoms with E-state index in [1.807, 2.05) is 30.3 Å². The van der Waals surface area contributed by atoms with Crippen LogP contribution in [0.25, 0.3) is 0 Å². The van der Waals surface area contributed by atoms with Crippen molar-refractivity contribution < 1.29 is 38.6 Å². The maximum absolute atomic E-state index is 12.9. The first-order valence-corrected chi connectivity index (χ1v) is 13.2. The molecule has 13 heteroatoms.